The lowest BCUT2D eigenvalue weighted by atomic mass is 9.97. The van der Waals surface area contributed by atoms with Crippen molar-refractivity contribution < 1.29 is 14.3 Å². The number of rotatable bonds is 6. The summed E-state index contributed by atoms with van der Waals surface area (Å²) in [4.78, 5) is 10.8. The maximum Gasteiger partial charge on any atom is 0.307 e. The third kappa shape index (κ3) is 4.18. The molecule has 0 spiro atoms. The third-order valence-corrected chi connectivity index (χ3v) is 3.13. The highest BCUT2D eigenvalue weighted by atomic mass is 16.5. The van der Waals surface area contributed by atoms with Gasteiger partial charge in [-0.15, -0.1) is 0 Å². The Morgan fingerprint density at radius 2 is 2.13 bits per heavy atom. The van der Waals surface area contributed by atoms with Gasteiger partial charge in [0.25, 0.3) is 0 Å². The first-order valence-corrected chi connectivity index (χ1v) is 5.62. The third-order valence-electron chi connectivity index (χ3n) is 3.13. The number of ether oxygens (including phenoxy) is 2. The summed E-state index contributed by atoms with van der Waals surface area (Å²) in [5.41, 5.74) is 5.67. The molecule has 1 fully saturated rings. The molecule has 1 aliphatic rings. The smallest absolute Gasteiger partial charge is 0.307 e. The molecule has 0 aliphatic heterocycles. The summed E-state index contributed by atoms with van der Waals surface area (Å²) in [6, 6.07) is 0. The van der Waals surface area contributed by atoms with E-state index in [-0.39, 0.29) is 5.97 Å². The van der Waals surface area contributed by atoms with E-state index in [1.807, 2.05) is 0 Å². The highest BCUT2D eigenvalue weighted by Gasteiger charge is 2.25. The number of esters is 1. The molecule has 0 radical (unpaired) electrons. The predicted molar refractivity (Wildman–Crippen MR) is 57.3 cm³/mol. The van der Waals surface area contributed by atoms with Crippen molar-refractivity contribution in [2.75, 3.05) is 26.9 Å². The van der Waals surface area contributed by atoms with Crippen LogP contribution in [0.5, 0.6) is 0 Å². The number of carbonyl (C=O) groups excluding carboxylic acids is 1. The molecule has 0 heterocycles. The van der Waals surface area contributed by atoms with Crippen molar-refractivity contribution >= 4 is 5.97 Å². The summed E-state index contributed by atoms with van der Waals surface area (Å²) in [5, 5.41) is 0. The first-order valence-electron chi connectivity index (χ1n) is 5.62. The predicted octanol–water partition coefficient (Wildman–Crippen LogP) is 0.941. The Bertz CT molecular complexity index is 196. The molecule has 88 valence electrons. The molecular formula is C11H21NO3. The number of nitrogens with two attached hydrogens (primary N) is 1. The molecule has 4 nitrogen and oxygen atoms in total. The average molecular weight is 215 g/mol. The van der Waals surface area contributed by atoms with Crippen LogP contribution in [0.25, 0.3) is 0 Å². The number of methoxy groups -OCH3 is 1. The Balaban J connectivity index is 2.06. The van der Waals surface area contributed by atoms with Crippen LogP contribution in [-0.4, -0.2) is 32.8 Å². The molecule has 1 aliphatic carbocycles. The SMILES string of the molecule is COC(=O)CCOCC1CCCC1CN. The van der Waals surface area contributed by atoms with Gasteiger partial charge in [-0.3, -0.25) is 4.79 Å². The van der Waals surface area contributed by atoms with E-state index in [0.717, 1.165) is 13.2 Å². The minimum Gasteiger partial charge on any atom is -0.469 e. The standard InChI is InChI=1S/C11H21NO3/c1-14-11(13)5-6-15-8-10-4-2-3-9(10)7-12/h9-10H,2-8,12H2,1H3. The van der Waals surface area contributed by atoms with Gasteiger partial charge in [-0.05, 0) is 31.2 Å². The Kier molecular flexibility index (Phi) is 5.65. The van der Waals surface area contributed by atoms with Crippen molar-refractivity contribution in [3.63, 3.8) is 0 Å². The molecule has 0 saturated heterocycles. The van der Waals surface area contributed by atoms with E-state index in [4.69, 9.17) is 10.5 Å². The van der Waals surface area contributed by atoms with E-state index in [2.05, 4.69) is 4.74 Å². The lowest BCUT2D eigenvalue weighted by molar-refractivity contribution is -0.141. The molecule has 1 saturated carbocycles. The quantitative estimate of drug-likeness (QED) is 0.529. The maximum absolute atomic E-state index is 10.8. The molecule has 0 amide bonds. The Labute approximate surface area is 91.1 Å². The lowest BCUT2D eigenvalue weighted by Gasteiger charge is -2.17. The second-order valence-electron chi connectivity index (χ2n) is 4.09. The first kappa shape index (κ1) is 12.5. The van der Waals surface area contributed by atoms with Crippen LogP contribution in [0, 0.1) is 11.8 Å². The summed E-state index contributed by atoms with van der Waals surface area (Å²) < 4.78 is 9.99. The van der Waals surface area contributed by atoms with Gasteiger partial charge < -0.3 is 15.2 Å². The summed E-state index contributed by atoms with van der Waals surface area (Å²) in [7, 11) is 1.39. The van der Waals surface area contributed by atoms with Crippen molar-refractivity contribution in [3.8, 4) is 0 Å². The number of hydrogen-bond acceptors (Lipinski definition) is 4. The molecule has 15 heavy (non-hydrogen) atoms. The molecule has 2 unspecified atom stereocenters. The van der Waals surface area contributed by atoms with E-state index in [0.29, 0.717) is 24.9 Å². The highest BCUT2D eigenvalue weighted by Crippen LogP contribution is 2.30. The highest BCUT2D eigenvalue weighted by molar-refractivity contribution is 5.69. The van der Waals surface area contributed by atoms with E-state index < -0.39 is 0 Å². The van der Waals surface area contributed by atoms with Crippen LogP contribution in [0.4, 0.5) is 0 Å². The van der Waals surface area contributed by atoms with E-state index in [9.17, 15) is 4.79 Å². The summed E-state index contributed by atoms with van der Waals surface area (Å²) in [6.07, 6.45) is 4.03. The number of carbonyl (C=O) groups is 1. The van der Waals surface area contributed by atoms with Gasteiger partial charge >= 0.3 is 5.97 Å². The van der Waals surface area contributed by atoms with Crippen LogP contribution < -0.4 is 5.73 Å². The molecular weight excluding hydrogens is 194 g/mol. The van der Waals surface area contributed by atoms with E-state index in [1.165, 1.54) is 26.4 Å². The maximum atomic E-state index is 10.8. The van der Waals surface area contributed by atoms with Crippen molar-refractivity contribution in [2.45, 2.75) is 25.7 Å². The van der Waals surface area contributed by atoms with Gasteiger partial charge in [0.2, 0.25) is 0 Å². The van der Waals surface area contributed by atoms with Gasteiger partial charge in [0.15, 0.2) is 0 Å². The molecule has 2 N–H and O–H groups in total. The zero-order chi connectivity index (χ0) is 11.1. The second-order valence-corrected chi connectivity index (χ2v) is 4.09. The Morgan fingerprint density at radius 3 is 2.80 bits per heavy atom. The zero-order valence-corrected chi connectivity index (χ0v) is 9.41. The molecule has 2 atom stereocenters. The molecule has 0 aromatic rings. The molecule has 4 heteroatoms. The van der Waals surface area contributed by atoms with E-state index in [1.54, 1.807) is 0 Å². The summed E-state index contributed by atoms with van der Waals surface area (Å²) in [5.74, 6) is 0.993. The minimum absolute atomic E-state index is 0.211. The van der Waals surface area contributed by atoms with Crippen LogP contribution in [0.15, 0.2) is 0 Å². The van der Waals surface area contributed by atoms with Gasteiger partial charge in [-0.25, -0.2) is 0 Å². The topological polar surface area (TPSA) is 61.5 Å². The van der Waals surface area contributed by atoms with Gasteiger partial charge in [-0.1, -0.05) is 6.42 Å². The fourth-order valence-electron chi connectivity index (χ4n) is 2.14. The fraction of sp³-hybridized carbons (Fsp3) is 0.909. The molecule has 0 aromatic heterocycles. The van der Waals surface area contributed by atoms with Crippen molar-refractivity contribution in [2.24, 2.45) is 17.6 Å². The first-order chi connectivity index (χ1) is 7.27. The second kappa shape index (κ2) is 6.80. The fourth-order valence-corrected chi connectivity index (χ4v) is 2.14. The normalized spacial score (nSPS) is 25.5. The van der Waals surface area contributed by atoms with Gasteiger partial charge in [0.05, 0.1) is 20.1 Å². The van der Waals surface area contributed by atoms with Crippen LogP contribution >= 0.6 is 0 Å². The van der Waals surface area contributed by atoms with Gasteiger partial charge in [0, 0.05) is 6.61 Å². The zero-order valence-electron chi connectivity index (χ0n) is 9.41. The van der Waals surface area contributed by atoms with Crippen molar-refractivity contribution in [1.29, 1.82) is 0 Å². The van der Waals surface area contributed by atoms with Crippen LogP contribution in [0.1, 0.15) is 25.7 Å². The summed E-state index contributed by atoms with van der Waals surface area (Å²) in [6.45, 7) is 1.95. The Hall–Kier alpha value is -0.610. The molecule has 0 bridgehead atoms. The monoisotopic (exact) mass is 215 g/mol. The van der Waals surface area contributed by atoms with E-state index >= 15 is 0 Å². The largest absolute Gasteiger partial charge is 0.469 e. The van der Waals surface area contributed by atoms with Crippen molar-refractivity contribution in [3.05, 3.63) is 0 Å². The van der Waals surface area contributed by atoms with Crippen LogP contribution in [-0.2, 0) is 14.3 Å². The van der Waals surface area contributed by atoms with Crippen LogP contribution in [0.3, 0.4) is 0 Å². The molecule has 0 aromatic carbocycles. The summed E-state index contributed by atoms with van der Waals surface area (Å²) >= 11 is 0. The van der Waals surface area contributed by atoms with Gasteiger partial charge in [0.1, 0.15) is 0 Å². The molecule has 1 rings (SSSR count). The van der Waals surface area contributed by atoms with Gasteiger partial charge in [-0.2, -0.15) is 0 Å². The number of hydrogen-bond donors (Lipinski definition) is 1. The lowest BCUT2D eigenvalue weighted by Crippen LogP contribution is -2.22. The average Bonchev–Trinajstić information content (AvgIpc) is 2.71. The van der Waals surface area contributed by atoms with Crippen molar-refractivity contribution in [1.82, 2.24) is 0 Å². The van der Waals surface area contributed by atoms with Crippen LogP contribution in [0.2, 0.25) is 0 Å². The minimum atomic E-state index is -0.211. The Morgan fingerprint density at radius 1 is 1.40 bits per heavy atom.